The van der Waals surface area contributed by atoms with Crippen molar-refractivity contribution in [2.24, 2.45) is 5.92 Å². The van der Waals surface area contributed by atoms with Gasteiger partial charge in [-0.25, -0.2) is 0 Å². The maximum Gasteiger partial charge on any atom is 0.167 e. The van der Waals surface area contributed by atoms with E-state index in [0.29, 0.717) is 18.5 Å². The summed E-state index contributed by atoms with van der Waals surface area (Å²) in [6.45, 7) is 8.69. The van der Waals surface area contributed by atoms with Crippen molar-refractivity contribution < 1.29 is 15.0 Å². The first-order chi connectivity index (χ1) is 17.2. The summed E-state index contributed by atoms with van der Waals surface area (Å²) >= 11 is 0. The van der Waals surface area contributed by atoms with Gasteiger partial charge in [-0.1, -0.05) is 106 Å². The minimum absolute atomic E-state index is 0.0345. The number of rotatable bonds is 8. The maximum atomic E-state index is 12.7. The number of piperidine rings is 1. The average molecular weight is 486 g/mol. The molecule has 1 saturated heterocycles. The van der Waals surface area contributed by atoms with Gasteiger partial charge in [0.15, 0.2) is 5.78 Å². The molecular weight excluding hydrogens is 446 g/mol. The summed E-state index contributed by atoms with van der Waals surface area (Å²) in [7, 11) is 0. The first kappa shape index (κ1) is 26.3. The van der Waals surface area contributed by atoms with Gasteiger partial charge < -0.3 is 15.1 Å². The van der Waals surface area contributed by atoms with Gasteiger partial charge >= 0.3 is 0 Å². The largest absolute Gasteiger partial charge is 0.381 e. The molecule has 0 amide bonds. The highest BCUT2D eigenvalue weighted by molar-refractivity contribution is 5.84. The van der Waals surface area contributed by atoms with E-state index in [1.807, 2.05) is 84.9 Å². The van der Waals surface area contributed by atoms with Crippen LogP contribution in [0.25, 0.3) is 0 Å². The van der Waals surface area contributed by atoms with Crippen molar-refractivity contribution in [1.82, 2.24) is 4.90 Å². The number of nitrogens with zero attached hydrogens (tertiary/aromatic N) is 1. The van der Waals surface area contributed by atoms with Gasteiger partial charge in [0.1, 0.15) is 11.7 Å². The van der Waals surface area contributed by atoms with Gasteiger partial charge in [-0.2, -0.15) is 0 Å². The number of hydrogen-bond acceptors (Lipinski definition) is 4. The smallest absolute Gasteiger partial charge is 0.167 e. The topological polar surface area (TPSA) is 60.8 Å². The number of ketones is 1. The monoisotopic (exact) mass is 485 g/mol. The Morgan fingerprint density at radius 2 is 1.33 bits per heavy atom. The molecule has 3 aromatic rings. The molecule has 190 valence electrons. The van der Waals surface area contributed by atoms with Crippen LogP contribution in [0.4, 0.5) is 0 Å². The SMILES string of the molecule is CC(C)(C)c1ccc(C(O)C(=O)CCN2CCC(C(O)(c3ccccc3)c3ccccc3)CC2)cc1. The van der Waals surface area contributed by atoms with Crippen LogP contribution in [0, 0.1) is 5.92 Å². The zero-order valence-corrected chi connectivity index (χ0v) is 21.7. The van der Waals surface area contributed by atoms with E-state index in [0.717, 1.165) is 37.1 Å². The molecule has 0 saturated carbocycles. The Hall–Kier alpha value is -2.79. The highest BCUT2D eigenvalue weighted by Gasteiger charge is 2.41. The van der Waals surface area contributed by atoms with Gasteiger partial charge in [-0.3, -0.25) is 4.79 Å². The molecule has 0 aliphatic carbocycles. The standard InChI is InChI=1S/C32H39NO3/c1-31(2,3)25-16-14-24(15-17-25)30(35)29(34)20-23-33-21-18-28(19-22-33)32(36,26-10-6-4-7-11-26)27-12-8-5-9-13-27/h4-17,28,30,35-36H,18-23H2,1-3H3. The molecule has 4 nitrogen and oxygen atoms in total. The van der Waals surface area contributed by atoms with E-state index in [1.165, 1.54) is 5.56 Å². The molecule has 4 heteroatoms. The molecule has 1 aliphatic heterocycles. The fourth-order valence-corrected chi connectivity index (χ4v) is 5.35. The molecule has 3 aromatic carbocycles. The molecule has 1 aliphatic rings. The van der Waals surface area contributed by atoms with Crippen LogP contribution in [0.15, 0.2) is 84.9 Å². The van der Waals surface area contributed by atoms with Crippen molar-refractivity contribution >= 4 is 5.78 Å². The number of carbonyl (C=O) groups excluding carboxylic acids is 1. The molecule has 1 heterocycles. The Balaban J connectivity index is 1.35. The third kappa shape index (κ3) is 5.78. The van der Waals surface area contributed by atoms with Gasteiger partial charge in [-0.15, -0.1) is 0 Å². The van der Waals surface area contributed by atoms with Crippen LogP contribution >= 0.6 is 0 Å². The summed E-state index contributed by atoms with van der Waals surface area (Å²) in [5.41, 5.74) is 2.67. The van der Waals surface area contributed by atoms with Crippen molar-refractivity contribution in [3.63, 3.8) is 0 Å². The summed E-state index contributed by atoms with van der Waals surface area (Å²) in [5, 5.41) is 22.7. The quantitative estimate of drug-likeness (QED) is 0.434. The second-order valence-corrected chi connectivity index (χ2v) is 11.1. The van der Waals surface area contributed by atoms with Crippen molar-refractivity contribution in [3.05, 3.63) is 107 Å². The van der Waals surface area contributed by atoms with Crippen molar-refractivity contribution in [1.29, 1.82) is 0 Å². The van der Waals surface area contributed by atoms with E-state index in [-0.39, 0.29) is 17.1 Å². The predicted molar refractivity (Wildman–Crippen MR) is 145 cm³/mol. The Bertz CT molecular complexity index is 1070. The highest BCUT2D eigenvalue weighted by Crippen LogP contribution is 2.41. The summed E-state index contributed by atoms with van der Waals surface area (Å²) in [4.78, 5) is 15.0. The summed E-state index contributed by atoms with van der Waals surface area (Å²) in [5.74, 6) is -0.0631. The molecular formula is C32H39NO3. The molecule has 0 aromatic heterocycles. The first-order valence-electron chi connectivity index (χ1n) is 13.1. The van der Waals surface area contributed by atoms with Crippen LogP contribution in [-0.2, 0) is 15.8 Å². The maximum absolute atomic E-state index is 12.7. The normalized spacial score (nSPS) is 16.6. The number of aliphatic hydroxyl groups is 2. The number of aliphatic hydroxyl groups excluding tert-OH is 1. The second-order valence-electron chi connectivity index (χ2n) is 11.1. The lowest BCUT2D eigenvalue weighted by atomic mass is 9.72. The van der Waals surface area contributed by atoms with E-state index < -0.39 is 11.7 Å². The minimum Gasteiger partial charge on any atom is -0.381 e. The van der Waals surface area contributed by atoms with Crippen molar-refractivity contribution in [3.8, 4) is 0 Å². The van der Waals surface area contributed by atoms with Crippen LogP contribution in [0.5, 0.6) is 0 Å². The molecule has 0 bridgehead atoms. The Labute approximate surface area is 215 Å². The molecule has 1 unspecified atom stereocenters. The fraction of sp³-hybridized carbons (Fsp3) is 0.406. The molecule has 0 spiro atoms. The molecule has 1 fully saturated rings. The second kappa shape index (κ2) is 11.1. The number of hydrogen-bond donors (Lipinski definition) is 2. The molecule has 2 N–H and O–H groups in total. The van der Waals surface area contributed by atoms with Crippen LogP contribution < -0.4 is 0 Å². The Morgan fingerprint density at radius 1 is 0.833 bits per heavy atom. The van der Waals surface area contributed by atoms with Gasteiger partial charge in [0.25, 0.3) is 0 Å². The molecule has 0 radical (unpaired) electrons. The minimum atomic E-state index is -1.09. The number of benzene rings is 3. The predicted octanol–water partition coefficient (Wildman–Crippen LogP) is 5.62. The third-order valence-electron chi connectivity index (χ3n) is 7.68. The van der Waals surface area contributed by atoms with Gasteiger partial charge in [0.05, 0.1) is 0 Å². The zero-order valence-electron chi connectivity index (χ0n) is 21.7. The fourth-order valence-electron chi connectivity index (χ4n) is 5.35. The van der Waals surface area contributed by atoms with Gasteiger partial charge in [0, 0.05) is 13.0 Å². The van der Waals surface area contributed by atoms with E-state index in [1.54, 1.807) is 0 Å². The zero-order chi connectivity index (χ0) is 25.8. The number of Topliss-reactive ketones (excluding diaryl/α,β-unsaturated/α-hetero) is 1. The summed E-state index contributed by atoms with van der Waals surface area (Å²) < 4.78 is 0. The third-order valence-corrected chi connectivity index (χ3v) is 7.68. The summed E-state index contributed by atoms with van der Waals surface area (Å²) in [6, 6.07) is 27.6. The lowest BCUT2D eigenvalue weighted by Crippen LogP contribution is -2.44. The number of carbonyl (C=O) groups is 1. The molecule has 1 atom stereocenters. The van der Waals surface area contributed by atoms with E-state index >= 15 is 0 Å². The van der Waals surface area contributed by atoms with Crippen molar-refractivity contribution in [2.75, 3.05) is 19.6 Å². The van der Waals surface area contributed by atoms with Gasteiger partial charge in [-0.05, 0) is 59.5 Å². The highest BCUT2D eigenvalue weighted by atomic mass is 16.3. The van der Waals surface area contributed by atoms with Gasteiger partial charge in [0.2, 0.25) is 0 Å². The summed E-state index contributed by atoms with van der Waals surface area (Å²) in [6.07, 6.45) is 0.906. The van der Waals surface area contributed by atoms with Crippen LogP contribution in [0.3, 0.4) is 0 Å². The van der Waals surface area contributed by atoms with Crippen molar-refractivity contribution in [2.45, 2.75) is 57.2 Å². The van der Waals surface area contributed by atoms with Crippen LogP contribution in [0.1, 0.15) is 68.4 Å². The number of likely N-dealkylation sites (tertiary alicyclic amines) is 1. The average Bonchev–Trinajstić information content (AvgIpc) is 2.91. The Morgan fingerprint density at radius 3 is 1.81 bits per heavy atom. The lowest BCUT2D eigenvalue weighted by Gasteiger charge is -2.42. The van der Waals surface area contributed by atoms with Crippen LogP contribution in [0.2, 0.25) is 0 Å². The Kier molecular flexibility index (Phi) is 8.09. The van der Waals surface area contributed by atoms with E-state index in [9.17, 15) is 15.0 Å². The van der Waals surface area contributed by atoms with E-state index in [2.05, 4.69) is 25.7 Å². The molecule has 4 rings (SSSR count). The first-order valence-corrected chi connectivity index (χ1v) is 13.1. The lowest BCUT2D eigenvalue weighted by molar-refractivity contribution is -0.127. The van der Waals surface area contributed by atoms with Crippen LogP contribution in [-0.4, -0.2) is 40.5 Å². The molecule has 36 heavy (non-hydrogen) atoms. The van der Waals surface area contributed by atoms with E-state index in [4.69, 9.17) is 0 Å².